The van der Waals surface area contributed by atoms with Crippen molar-refractivity contribution in [2.75, 3.05) is 18.9 Å². The number of nitrogens with one attached hydrogen (secondary N) is 2. The second-order valence-electron chi connectivity index (χ2n) is 5.76. The minimum Gasteiger partial charge on any atom is -0.390 e. The monoisotopic (exact) mass is 434 g/mol. The van der Waals surface area contributed by atoms with Gasteiger partial charge in [0.1, 0.15) is 0 Å². The van der Waals surface area contributed by atoms with Crippen LogP contribution in [0.2, 0.25) is 10.0 Å². The number of H-pyrrole nitrogens is 1. The number of fused-ring (bicyclic) bond motifs is 3. The summed E-state index contributed by atoms with van der Waals surface area (Å²) in [4.78, 5) is 11.9. The molecule has 4 rings (SSSR count). The van der Waals surface area contributed by atoms with Gasteiger partial charge in [-0.1, -0.05) is 23.2 Å². The van der Waals surface area contributed by atoms with E-state index in [1.165, 1.54) is 13.4 Å². The lowest BCUT2D eigenvalue weighted by atomic mass is 10.1. The Hall–Kier alpha value is -2.32. The second-order valence-corrected chi connectivity index (χ2v) is 7.47. The normalized spacial score (nSPS) is 11.1. The largest absolute Gasteiger partial charge is 0.390 e. The van der Waals surface area contributed by atoms with Crippen molar-refractivity contribution >= 4 is 73.5 Å². The van der Waals surface area contributed by atoms with E-state index in [0.717, 1.165) is 44.6 Å². The van der Waals surface area contributed by atoms with E-state index < -0.39 is 0 Å². The van der Waals surface area contributed by atoms with Gasteiger partial charge in [-0.3, -0.25) is 4.99 Å². The quantitative estimate of drug-likeness (QED) is 0.263. The Bertz CT molecular complexity index is 1100. The Morgan fingerprint density at radius 2 is 1.96 bits per heavy atom. The number of thiazole rings is 1. The first kappa shape index (κ1) is 20.4. The molecule has 2 aromatic heterocycles. The van der Waals surface area contributed by atoms with Crippen LogP contribution >= 0.6 is 34.5 Å². The van der Waals surface area contributed by atoms with Crippen LogP contribution in [0, 0.1) is 0 Å². The van der Waals surface area contributed by atoms with Crippen LogP contribution in [0.1, 0.15) is 5.56 Å². The van der Waals surface area contributed by atoms with Gasteiger partial charge in [-0.2, -0.15) is 0 Å². The number of rotatable bonds is 5. The molecule has 0 saturated heterocycles. The van der Waals surface area contributed by atoms with Gasteiger partial charge in [0.05, 0.1) is 16.4 Å². The number of aromatic nitrogens is 2. The lowest BCUT2D eigenvalue weighted by Crippen LogP contribution is -1.97. The van der Waals surface area contributed by atoms with Crippen LogP contribution in [0.15, 0.2) is 40.8 Å². The van der Waals surface area contributed by atoms with E-state index in [9.17, 15) is 0 Å². The maximum absolute atomic E-state index is 6.24. The van der Waals surface area contributed by atoms with Gasteiger partial charge in [0.15, 0.2) is 5.13 Å². The molecule has 0 amide bonds. The molecule has 0 aliphatic carbocycles. The van der Waals surface area contributed by atoms with Gasteiger partial charge in [-0.25, -0.2) is 4.98 Å². The van der Waals surface area contributed by atoms with E-state index in [4.69, 9.17) is 28.9 Å². The highest BCUT2D eigenvalue weighted by Gasteiger charge is 2.13. The third-order valence-electron chi connectivity index (χ3n) is 4.13. The van der Waals surface area contributed by atoms with Crippen molar-refractivity contribution in [2.24, 2.45) is 16.5 Å². The molecule has 2 heterocycles. The molecule has 2 aromatic carbocycles. The molecular formula is C19H20Cl2N6S. The highest BCUT2D eigenvalue weighted by Crippen LogP contribution is 2.36. The summed E-state index contributed by atoms with van der Waals surface area (Å²) in [7, 11) is 1.50. The van der Waals surface area contributed by atoms with E-state index >= 15 is 0 Å². The number of aromatic amines is 1. The predicted molar refractivity (Wildman–Crippen MR) is 123 cm³/mol. The molecule has 9 heteroatoms. The Labute approximate surface area is 176 Å². The van der Waals surface area contributed by atoms with E-state index in [-0.39, 0.29) is 0 Å². The van der Waals surface area contributed by atoms with Crippen LogP contribution in [0.25, 0.3) is 21.8 Å². The number of hydrogen-bond donors (Lipinski definition) is 4. The number of aliphatic imine (C=N–C) groups is 1. The molecular weight excluding hydrogens is 415 g/mol. The maximum Gasteiger partial charge on any atom is 0.187 e. The number of halogens is 2. The number of hydrogen-bond acceptors (Lipinski definition) is 5. The van der Waals surface area contributed by atoms with Crippen molar-refractivity contribution in [1.29, 1.82) is 0 Å². The first-order valence-corrected chi connectivity index (χ1v) is 10.2. The van der Waals surface area contributed by atoms with Gasteiger partial charge < -0.3 is 21.8 Å². The molecule has 0 aliphatic heterocycles. The molecule has 0 atom stereocenters. The number of nitrogens with zero attached hydrogens (tertiary/aromatic N) is 2. The molecule has 0 fully saturated rings. The molecule has 146 valence electrons. The summed E-state index contributed by atoms with van der Waals surface area (Å²) >= 11 is 14.0. The van der Waals surface area contributed by atoms with Crippen LogP contribution in [0.3, 0.4) is 0 Å². The summed E-state index contributed by atoms with van der Waals surface area (Å²) in [6, 6.07) is 7.95. The molecule has 0 aliphatic rings. The molecule has 0 unspecified atom stereocenters. The summed E-state index contributed by atoms with van der Waals surface area (Å²) in [5.74, 6) is 0. The Morgan fingerprint density at radius 3 is 2.68 bits per heavy atom. The highest BCUT2D eigenvalue weighted by molar-refractivity contribution is 7.13. The second kappa shape index (κ2) is 9.25. The Kier molecular flexibility index (Phi) is 6.74. The molecule has 0 saturated carbocycles. The van der Waals surface area contributed by atoms with E-state index in [0.29, 0.717) is 16.6 Å². The summed E-state index contributed by atoms with van der Waals surface area (Å²) in [6.07, 6.45) is 3.86. The van der Waals surface area contributed by atoms with Gasteiger partial charge in [0.2, 0.25) is 0 Å². The average Bonchev–Trinajstić information content (AvgIpc) is 3.32. The fourth-order valence-electron chi connectivity index (χ4n) is 3.01. The first-order valence-electron chi connectivity index (χ1n) is 8.53. The summed E-state index contributed by atoms with van der Waals surface area (Å²) in [6.45, 7) is 0.614. The molecule has 0 radical (unpaired) electrons. The van der Waals surface area contributed by atoms with Crippen LogP contribution in [-0.2, 0) is 6.42 Å². The third-order valence-corrected chi connectivity index (χ3v) is 5.54. The van der Waals surface area contributed by atoms with Crippen molar-refractivity contribution in [3.8, 4) is 0 Å². The van der Waals surface area contributed by atoms with Gasteiger partial charge in [0, 0.05) is 45.6 Å². The SMILES string of the molecule is CN.NC=NCCc1cc(Nc2nccs2)cc2c1[nH]c1cc(Cl)c(Cl)cc12. The summed E-state index contributed by atoms with van der Waals surface area (Å²) < 4.78 is 0. The smallest absolute Gasteiger partial charge is 0.187 e. The highest BCUT2D eigenvalue weighted by atomic mass is 35.5. The zero-order chi connectivity index (χ0) is 20.1. The Morgan fingerprint density at radius 1 is 1.18 bits per heavy atom. The van der Waals surface area contributed by atoms with Crippen LogP contribution < -0.4 is 16.8 Å². The van der Waals surface area contributed by atoms with Crippen LogP contribution in [0.4, 0.5) is 10.8 Å². The molecule has 6 nitrogen and oxygen atoms in total. The van der Waals surface area contributed by atoms with Gasteiger partial charge >= 0.3 is 0 Å². The number of benzene rings is 2. The van der Waals surface area contributed by atoms with Crippen LogP contribution in [-0.4, -0.2) is 29.9 Å². The van der Waals surface area contributed by atoms with Crippen molar-refractivity contribution in [2.45, 2.75) is 6.42 Å². The molecule has 6 N–H and O–H groups in total. The molecule has 28 heavy (non-hydrogen) atoms. The first-order chi connectivity index (χ1) is 13.7. The van der Waals surface area contributed by atoms with E-state index in [2.05, 4.69) is 38.1 Å². The van der Waals surface area contributed by atoms with Crippen molar-refractivity contribution in [3.05, 3.63) is 51.5 Å². The predicted octanol–water partition coefficient (Wildman–Crippen LogP) is 4.93. The molecule has 0 bridgehead atoms. The maximum atomic E-state index is 6.24. The standard InChI is InChI=1S/C18H15Cl2N5S.CH5N/c19-14-7-12-13-6-11(24-18-23-3-4-26-18)5-10(1-2-22-9-21)17(13)25-16(12)8-15(14)20;1-2/h3-9,25H,1-2H2,(H2,21,22)(H,23,24);2H2,1H3. The number of anilines is 2. The number of nitrogens with two attached hydrogens (primary N) is 2. The minimum atomic E-state index is 0.529. The van der Waals surface area contributed by atoms with Gasteiger partial charge in [-0.15, -0.1) is 11.3 Å². The van der Waals surface area contributed by atoms with Gasteiger partial charge in [-0.05, 0) is 43.3 Å². The summed E-state index contributed by atoms with van der Waals surface area (Å²) in [5, 5.41) is 9.31. The zero-order valence-electron chi connectivity index (χ0n) is 15.2. The molecule has 0 spiro atoms. The average molecular weight is 435 g/mol. The van der Waals surface area contributed by atoms with E-state index in [1.807, 2.05) is 17.5 Å². The van der Waals surface area contributed by atoms with Crippen molar-refractivity contribution < 1.29 is 0 Å². The van der Waals surface area contributed by atoms with E-state index in [1.54, 1.807) is 17.5 Å². The van der Waals surface area contributed by atoms with Gasteiger partial charge in [0.25, 0.3) is 0 Å². The molecule has 4 aromatic rings. The zero-order valence-corrected chi connectivity index (χ0v) is 17.5. The van der Waals surface area contributed by atoms with Crippen molar-refractivity contribution in [1.82, 2.24) is 9.97 Å². The fraction of sp³-hybridized carbons (Fsp3) is 0.158. The Balaban J connectivity index is 0.00000109. The van der Waals surface area contributed by atoms with Crippen molar-refractivity contribution in [3.63, 3.8) is 0 Å². The minimum absolute atomic E-state index is 0.529. The topological polar surface area (TPSA) is 105 Å². The fourth-order valence-corrected chi connectivity index (χ4v) is 3.88. The third kappa shape index (κ3) is 4.23. The van der Waals surface area contributed by atoms with Crippen LogP contribution in [0.5, 0.6) is 0 Å². The summed E-state index contributed by atoms with van der Waals surface area (Å²) in [5.41, 5.74) is 14.0. The lowest BCUT2D eigenvalue weighted by molar-refractivity contribution is 0.977. The lowest BCUT2D eigenvalue weighted by Gasteiger charge is -2.08.